The van der Waals surface area contributed by atoms with Crippen molar-refractivity contribution in [2.45, 2.75) is 0 Å². The maximum atomic E-state index is 13.4. The van der Waals surface area contributed by atoms with E-state index in [0.29, 0.717) is 13.6 Å². The molecule has 0 fully saturated rings. The molecule has 0 spiro atoms. The molecule has 0 atom stereocenters. The van der Waals surface area contributed by atoms with E-state index in [1.165, 1.54) is 6.07 Å². The lowest BCUT2D eigenvalue weighted by Crippen LogP contribution is -1.85. The van der Waals surface area contributed by atoms with E-state index in [-0.39, 0.29) is 5.82 Å². The lowest BCUT2D eigenvalue weighted by atomic mass is 10.1. The van der Waals surface area contributed by atoms with E-state index < -0.39 is 0 Å². The Morgan fingerprint density at radius 3 is 2.38 bits per heavy atom. The van der Waals surface area contributed by atoms with Crippen LogP contribution < -0.4 is 0 Å². The molecular weight excluding hydrogens is 361 g/mol. The second-order valence-electron chi connectivity index (χ2n) is 3.25. The zero-order valence-electron chi connectivity index (χ0n) is 7.98. The van der Waals surface area contributed by atoms with Crippen LogP contribution in [0, 0.1) is 9.39 Å². The van der Waals surface area contributed by atoms with Crippen LogP contribution in [0.3, 0.4) is 0 Å². The number of hydrogen-bond donors (Lipinski definition) is 0. The van der Waals surface area contributed by atoms with Gasteiger partial charge in [-0.3, -0.25) is 0 Å². The maximum Gasteiger partial charge on any atom is 0.137 e. The fourth-order valence-electron chi connectivity index (χ4n) is 1.39. The minimum Gasteiger partial charge on any atom is -0.206 e. The molecule has 0 bridgehead atoms. The van der Waals surface area contributed by atoms with Gasteiger partial charge in [-0.1, -0.05) is 35.3 Å². The van der Waals surface area contributed by atoms with Crippen LogP contribution in [0.25, 0.3) is 11.1 Å². The lowest BCUT2D eigenvalue weighted by Gasteiger charge is -2.05. The largest absolute Gasteiger partial charge is 0.206 e. The Labute approximate surface area is 117 Å². The standard InChI is InChI=1S/C12H6Cl2FI/c13-8-2-3-9(10(14)6-8)7-1-4-12(16)11(15)5-7/h1-6H. The van der Waals surface area contributed by atoms with Crippen molar-refractivity contribution in [3.8, 4) is 11.1 Å². The molecule has 2 rings (SSSR count). The maximum absolute atomic E-state index is 13.4. The molecule has 0 heterocycles. The molecule has 0 N–H and O–H groups in total. The minimum atomic E-state index is -0.246. The zero-order chi connectivity index (χ0) is 11.7. The summed E-state index contributed by atoms with van der Waals surface area (Å²) >= 11 is 13.8. The Balaban J connectivity index is 2.54. The summed E-state index contributed by atoms with van der Waals surface area (Å²) in [4.78, 5) is 0. The summed E-state index contributed by atoms with van der Waals surface area (Å²) < 4.78 is 14.0. The summed E-state index contributed by atoms with van der Waals surface area (Å²) in [7, 11) is 0. The quantitative estimate of drug-likeness (QED) is 0.592. The normalized spacial score (nSPS) is 10.5. The average molecular weight is 367 g/mol. The fourth-order valence-corrected chi connectivity index (χ4v) is 2.24. The monoisotopic (exact) mass is 366 g/mol. The van der Waals surface area contributed by atoms with Gasteiger partial charge in [-0.25, -0.2) is 4.39 Å². The average Bonchev–Trinajstić information content (AvgIpc) is 2.22. The van der Waals surface area contributed by atoms with Gasteiger partial charge in [-0.2, -0.15) is 0 Å². The fraction of sp³-hybridized carbons (Fsp3) is 0. The molecule has 2 aromatic rings. The van der Waals surface area contributed by atoms with Crippen LogP contribution in [0.5, 0.6) is 0 Å². The van der Waals surface area contributed by atoms with Gasteiger partial charge in [-0.15, -0.1) is 0 Å². The SMILES string of the molecule is Fc1cc(-c2ccc(Cl)cc2Cl)ccc1I. The van der Waals surface area contributed by atoms with Crippen molar-refractivity contribution in [3.05, 3.63) is 55.8 Å². The lowest BCUT2D eigenvalue weighted by molar-refractivity contribution is 0.621. The summed E-state index contributed by atoms with van der Waals surface area (Å²) in [6, 6.07) is 10.2. The molecule has 2 aromatic carbocycles. The van der Waals surface area contributed by atoms with Gasteiger partial charge in [0.05, 0.1) is 0 Å². The molecule has 16 heavy (non-hydrogen) atoms. The number of rotatable bonds is 1. The minimum absolute atomic E-state index is 0.246. The first-order valence-corrected chi connectivity index (χ1v) is 6.32. The molecule has 0 aliphatic rings. The molecule has 0 nitrogen and oxygen atoms in total. The number of halogens is 4. The van der Waals surface area contributed by atoms with Gasteiger partial charge in [0.2, 0.25) is 0 Å². The molecular formula is C12H6Cl2FI. The Kier molecular flexibility index (Phi) is 3.72. The zero-order valence-corrected chi connectivity index (χ0v) is 11.6. The van der Waals surface area contributed by atoms with Crippen molar-refractivity contribution in [2.24, 2.45) is 0 Å². The highest BCUT2D eigenvalue weighted by atomic mass is 127. The van der Waals surface area contributed by atoms with Crippen LogP contribution in [0.4, 0.5) is 4.39 Å². The Hall–Kier alpha value is -0.320. The molecule has 0 aliphatic carbocycles. The van der Waals surface area contributed by atoms with E-state index in [2.05, 4.69) is 0 Å². The predicted octanol–water partition coefficient (Wildman–Crippen LogP) is 5.40. The second kappa shape index (κ2) is 4.90. The predicted molar refractivity (Wildman–Crippen MR) is 74.6 cm³/mol. The van der Waals surface area contributed by atoms with Gasteiger partial charge in [0.1, 0.15) is 5.82 Å². The summed E-state index contributed by atoms with van der Waals surface area (Å²) in [5.41, 5.74) is 1.53. The molecule has 4 heteroatoms. The third-order valence-corrected chi connectivity index (χ3v) is 3.58. The first-order valence-electron chi connectivity index (χ1n) is 4.48. The summed E-state index contributed by atoms with van der Waals surface area (Å²) in [5, 5.41) is 1.09. The highest BCUT2D eigenvalue weighted by molar-refractivity contribution is 14.1. The van der Waals surface area contributed by atoms with E-state index in [0.717, 1.165) is 11.1 Å². The van der Waals surface area contributed by atoms with Crippen LogP contribution in [0.15, 0.2) is 36.4 Å². The Morgan fingerprint density at radius 2 is 1.75 bits per heavy atom. The van der Waals surface area contributed by atoms with Crippen molar-refractivity contribution in [1.29, 1.82) is 0 Å². The summed E-state index contributed by atoms with van der Waals surface area (Å²) in [6.45, 7) is 0. The van der Waals surface area contributed by atoms with Crippen molar-refractivity contribution in [2.75, 3.05) is 0 Å². The van der Waals surface area contributed by atoms with Gasteiger partial charge in [0.15, 0.2) is 0 Å². The Morgan fingerprint density at radius 1 is 1.00 bits per heavy atom. The van der Waals surface area contributed by atoms with Crippen LogP contribution in [-0.4, -0.2) is 0 Å². The van der Waals surface area contributed by atoms with E-state index in [1.807, 2.05) is 28.7 Å². The van der Waals surface area contributed by atoms with Gasteiger partial charge < -0.3 is 0 Å². The first-order chi connectivity index (χ1) is 7.58. The van der Waals surface area contributed by atoms with E-state index in [1.54, 1.807) is 24.3 Å². The van der Waals surface area contributed by atoms with Gasteiger partial charge in [0.25, 0.3) is 0 Å². The molecule has 0 aromatic heterocycles. The van der Waals surface area contributed by atoms with E-state index in [9.17, 15) is 4.39 Å². The van der Waals surface area contributed by atoms with Crippen molar-refractivity contribution < 1.29 is 4.39 Å². The molecule has 0 amide bonds. The van der Waals surface area contributed by atoms with E-state index in [4.69, 9.17) is 23.2 Å². The number of hydrogen-bond acceptors (Lipinski definition) is 0. The van der Waals surface area contributed by atoms with Crippen LogP contribution >= 0.6 is 45.8 Å². The van der Waals surface area contributed by atoms with E-state index >= 15 is 0 Å². The summed E-state index contributed by atoms with van der Waals surface area (Å²) in [6.07, 6.45) is 0. The van der Waals surface area contributed by atoms with Crippen molar-refractivity contribution >= 4 is 45.8 Å². The van der Waals surface area contributed by atoms with Gasteiger partial charge in [0, 0.05) is 19.2 Å². The summed E-state index contributed by atoms with van der Waals surface area (Å²) in [5.74, 6) is -0.246. The van der Waals surface area contributed by atoms with Crippen LogP contribution in [0.1, 0.15) is 0 Å². The van der Waals surface area contributed by atoms with Crippen LogP contribution in [0.2, 0.25) is 10.0 Å². The molecule has 0 saturated carbocycles. The molecule has 0 saturated heterocycles. The van der Waals surface area contributed by atoms with Crippen molar-refractivity contribution in [3.63, 3.8) is 0 Å². The third-order valence-electron chi connectivity index (χ3n) is 2.16. The first kappa shape index (κ1) is 12.1. The smallest absolute Gasteiger partial charge is 0.137 e. The molecule has 0 aliphatic heterocycles. The van der Waals surface area contributed by atoms with Gasteiger partial charge in [-0.05, 0) is 52.4 Å². The van der Waals surface area contributed by atoms with Gasteiger partial charge >= 0.3 is 0 Å². The molecule has 82 valence electrons. The van der Waals surface area contributed by atoms with Crippen molar-refractivity contribution in [1.82, 2.24) is 0 Å². The van der Waals surface area contributed by atoms with Crippen LogP contribution in [-0.2, 0) is 0 Å². The third kappa shape index (κ3) is 2.50. The topological polar surface area (TPSA) is 0 Å². The highest BCUT2D eigenvalue weighted by Crippen LogP contribution is 2.31. The molecule has 0 unspecified atom stereocenters. The Bertz CT molecular complexity index is 541. The highest BCUT2D eigenvalue weighted by Gasteiger charge is 2.06. The second-order valence-corrected chi connectivity index (χ2v) is 5.26. The number of benzene rings is 2. The molecule has 0 radical (unpaired) electrons.